The van der Waals surface area contributed by atoms with Crippen LogP contribution in [0.25, 0.3) is 5.57 Å². The molecule has 0 bridgehead atoms. The molecule has 0 aromatic heterocycles. The van der Waals surface area contributed by atoms with Crippen molar-refractivity contribution in [2.45, 2.75) is 39.5 Å². The maximum atomic E-state index is 12.4. The van der Waals surface area contributed by atoms with Gasteiger partial charge in [-0.3, -0.25) is 4.79 Å². The summed E-state index contributed by atoms with van der Waals surface area (Å²) in [7, 11) is 0. The SMILES string of the molecule is CC(C)(C)CC(=O)Oc1cccc2c1CC(c1ccccc1)C=C2CN.Cl. The lowest BCUT2D eigenvalue weighted by molar-refractivity contribution is -0.136. The second kappa shape index (κ2) is 8.73. The van der Waals surface area contributed by atoms with Crippen LogP contribution in [0.2, 0.25) is 0 Å². The molecule has 1 unspecified atom stereocenters. The van der Waals surface area contributed by atoms with Gasteiger partial charge in [0.15, 0.2) is 0 Å². The van der Waals surface area contributed by atoms with Gasteiger partial charge in [-0.1, -0.05) is 69.3 Å². The molecule has 2 aromatic carbocycles. The number of fused-ring (bicyclic) bond motifs is 1. The van der Waals surface area contributed by atoms with Crippen molar-refractivity contribution in [2.75, 3.05) is 6.54 Å². The van der Waals surface area contributed by atoms with Gasteiger partial charge < -0.3 is 10.5 Å². The molecule has 0 fully saturated rings. The number of rotatable bonds is 4. The fraction of sp³-hybridized carbons (Fsp3) is 0.348. The Morgan fingerprint density at radius 3 is 2.44 bits per heavy atom. The van der Waals surface area contributed by atoms with E-state index in [4.69, 9.17) is 10.5 Å². The van der Waals surface area contributed by atoms with Gasteiger partial charge in [0.1, 0.15) is 5.75 Å². The largest absolute Gasteiger partial charge is 0.426 e. The summed E-state index contributed by atoms with van der Waals surface area (Å²) in [4.78, 5) is 12.4. The predicted octanol–water partition coefficient (Wildman–Crippen LogP) is 5.13. The van der Waals surface area contributed by atoms with Crippen molar-refractivity contribution in [3.63, 3.8) is 0 Å². The highest BCUT2D eigenvalue weighted by Crippen LogP contribution is 2.39. The maximum absolute atomic E-state index is 12.4. The smallest absolute Gasteiger partial charge is 0.311 e. The van der Waals surface area contributed by atoms with Crippen molar-refractivity contribution in [3.05, 3.63) is 71.3 Å². The van der Waals surface area contributed by atoms with Gasteiger partial charge in [0.25, 0.3) is 0 Å². The number of esters is 1. The Morgan fingerprint density at radius 1 is 1.11 bits per heavy atom. The Morgan fingerprint density at radius 2 is 1.81 bits per heavy atom. The fourth-order valence-electron chi connectivity index (χ4n) is 3.47. The summed E-state index contributed by atoms with van der Waals surface area (Å²) in [6, 6.07) is 16.3. The molecule has 27 heavy (non-hydrogen) atoms. The van der Waals surface area contributed by atoms with E-state index >= 15 is 0 Å². The first-order valence-electron chi connectivity index (χ1n) is 9.16. The van der Waals surface area contributed by atoms with Crippen LogP contribution in [0.5, 0.6) is 5.75 Å². The number of hydrogen-bond acceptors (Lipinski definition) is 3. The molecule has 0 spiro atoms. The standard InChI is InChI=1S/C23H27NO2.ClH/c1-23(2,3)14-22(25)26-21-11-7-10-19-18(15-24)12-17(13-20(19)21)16-8-5-4-6-9-16;/h4-12,17H,13-15,24H2,1-3H3;1H. The number of nitrogens with two attached hydrogens (primary N) is 1. The molecule has 0 heterocycles. The number of carbonyl (C=O) groups is 1. The van der Waals surface area contributed by atoms with Crippen LogP contribution in [0.15, 0.2) is 54.6 Å². The van der Waals surface area contributed by atoms with Gasteiger partial charge in [-0.25, -0.2) is 0 Å². The number of ether oxygens (including phenoxy) is 1. The summed E-state index contributed by atoms with van der Waals surface area (Å²) in [5.41, 5.74) is 10.4. The Labute approximate surface area is 168 Å². The van der Waals surface area contributed by atoms with Gasteiger partial charge >= 0.3 is 5.97 Å². The third-order valence-electron chi connectivity index (χ3n) is 4.65. The lowest BCUT2D eigenvalue weighted by Crippen LogP contribution is -2.20. The van der Waals surface area contributed by atoms with E-state index in [2.05, 4.69) is 36.4 Å². The molecule has 1 atom stereocenters. The summed E-state index contributed by atoms with van der Waals surface area (Å²) >= 11 is 0. The summed E-state index contributed by atoms with van der Waals surface area (Å²) in [5, 5.41) is 0. The minimum atomic E-state index is -0.189. The van der Waals surface area contributed by atoms with E-state index in [0.717, 1.165) is 23.1 Å². The highest BCUT2D eigenvalue weighted by Gasteiger charge is 2.25. The average Bonchev–Trinajstić information content (AvgIpc) is 2.60. The zero-order chi connectivity index (χ0) is 18.7. The Kier molecular flexibility index (Phi) is 6.85. The first-order chi connectivity index (χ1) is 12.4. The molecule has 3 nitrogen and oxygen atoms in total. The molecule has 4 heteroatoms. The molecule has 2 aromatic rings. The van der Waals surface area contributed by atoms with Crippen molar-refractivity contribution in [2.24, 2.45) is 11.1 Å². The lowest BCUT2D eigenvalue weighted by Gasteiger charge is -2.26. The first kappa shape index (κ1) is 21.2. The summed E-state index contributed by atoms with van der Waals surface area (Å²) in [5.74, 6) is 0.715. The van der Waals surface area contributed by atoms with Crippen molar-refractivity contribution in [3.8, 4) is 5.75 Å². The van der Waals surface area contributed by atoms with Crippen LogP contribution < -0.4 is 10.5 Å². The van der Waals surface area contributed by atoms with Crippen molar-refractivity contribution < 1.29 is 9.53 Å². The number of halogens is 1. The van der Waals surface area contributed by atoms with E-state index in [1.54, 1.807) is 0 Å². The van der Waals surface area contributed by atoms with Crippen molar-refractivity contribution in [1.82, 2.24) is 0 Å². The zero-order valence-corrected chi connectivity index (χ0v) is 17.0. The summed E-state index contributed by atoms with van der Waals surface area (Å²) in [6.07, 6.45) is 3.44. The van der Waals surface area contributed by atoms with Crippen LogP contribution in [0, 0.1) is 5.41 Å². The van der Waals surface area contributed by atoms with Gasteiger partial charge in [0.2, 0.25) is 0 Å². The fourth-order valence-corrected chi connectivity index (χ4v) is 3.47. The van der Waals surface area contributed by atoms with Gasteiger partial charge in [-0.05, 0) is 34.6 Å². The van der Waals surface area contributed by atoms with E-state index in [0.29, 0.717) is 18.7 Å². The molecule has 2 N–H and O–H groups in total. The summed E-state index contributed by atoms with van der Waals surface area (Å²) < 4.78 is 5.76. The number of hydrogen-bond donors (Lipinski definition) is 1. The highest BCUT2D eigenvalue weighted by molar-refractivity contribution is 5.85. The van der Waals surface area contributed by atoms with Crippen LogP contribution >= 0.6 is 12.4 Å². The predicted molar refractivity (Wildman–Crippen MR) is 113 cm³/mol. The molecule has 0 radical (unpaired) electrons. The van der Waals surface area contributed by atoms with E-state index in [9.17, 15) is 4.79 Å². The van der Waals surface area contributed by atoms with Crippen LogP contribution in [0.1, 0.15) is 49.8 Å². The number of carbonyl (C=O) groups excluding carboxylic acids is 1. The van der Waals surface area contributed by atoms with Gasteiger partial charge in [-0.2, -0.15) is 0 Å². The minimum Gasteiger partial charge on any atom is -0.426 e. The topological polar surface area (TPSA) is 52.3 Å². The molecular weight excluding hydrogens is 358 g/mol. The van der Waals surface area contributed by atoms with E-state index in [1.165, 1.54) is 5.56 Å². The molecule has 0 saturated carbocycles. The van der Waals surface area contributed by atoms with E-state index in [1.807, 2.05) is 39.0 Å². The molecule has 0 amide bonds. The molecule has 144 valence electrons. The van der Waals surface area contributed by atoms with E-state index in [-0.39, 0.29) is 29.7 Å². The molecule has 3 rings (SSSR count). The zero-order valence-electron chi connectivity index (χ0n) is 16.2. The third-order valence-corrected chi connectivity index (χ3v) is 4.65. The minimum absolute atomic E-state index is 0. The van der Waals surface area contributed by atoms with Gasteiger partial charge in [0, 0.05) is 18.0 Å². The molecule has 0 saturated heterocycles. The van der Waals surface area contributed by atoms with Crippen LogP contribution in [0.3, 0.4) is 0 Å². The monoisotopic (exact) mass is 385 g/mol. The number of benzene rings is 2. The van der Waals surface area contributed by atoms with Crippen molar-refractivity contribution >= 4 is 23.9 Å². The lowest BCUT2D eigenvalue weighted by atomic mass is 9.81. The van der Waals surface area contributed by atoms with Crippen LogP contribution in [0.4, 0.5) is 0 Å². The quantitative estimate of drug-likeness (QED) is 0.586. The average molecular weight is 386 g/mol. The third kappa shape index (κ3) is 5.21. The molecule has 1 aliphatic carbocycles. The summed E-state index contributed by atoms with van der Waals surface area (Å²) in [6.45, 7) is 6.58. The van der Waals surface area contributed by atoms with Crippen molar-refractivity contribution in [1.29, 1.82) is 0 Å². The normalized spacial score (nSPS) is 16.0. The molecular formula is C23H28ClNO2. The van der Waals surface area contributed by atoms with Gasteiger partial charge in [-0.15, -0.1) is 12.4 Å². The molecule has 0 aliphatic heterocycles. The van der Waals surface area contributed by atoms with Crippen LogP contribution in [-0.2, 0) is 11.2 Å². The Hall–Kier alpha value is -2.10. The first-order valence-corrected chi connectivity index (χ1v) is 9.16. The molecule has 1 aliphatic rings. The second-order valence-electron chi connectivity index (χ2n) is 8.11. The Balaban J connectivity index is 0.00000261. The van der Waals surface area contributed by atoms with Crippen LogP contribution in [-0.4, -0.2) is 12.5 Å². The number of allylic oxidation sites excluding steroid dienone is 1. The Bertz CT molecular complexity index is 822. The highest BCUT2D eigenvalue weighted by atomic mass is 35.5. The maximum Gasteiger partial charge on any atom is 0.311 e. The van der Waals surface area contributed by atoms with E-state index < -0.39 is 0 Å². The second-order valence-corrected chi connectivity index (χ2v) is 8.11. The van der Waals surface area contributed by atoms with Gasteiger partial charge in [0.05, 0.1) is 6.42 Å².